The summed E-state index contributed by atoms with van der Waals surface area (Å²) in [5.41, 5.74) is 9.46. The number of aliphatic imine (C=N–C) groups is 1. The number of rotatable bonds is 4. The molecule has 0 bridgehead atoms. The molecule has 1 aliphatic rings. The van der Waals surface area contributed by atoms with Gasteiger partial charge in [-0.2, -0.15) is 0 Å². The number of piperidine rings is 1. The molecule has 0 amide bonds. The molecule has 1 aliphatic heterocycles. The zero-order valence-electron chi connectivity index (χ0n) is 13.9. The third-order valence-electron chi connectivity index (χ3n) is 4.15. The first-order chi connectivity index (χ1) is 10.0. The molecular formula is C17H29IN4. The van der Waals surface area contributed by atoms with Crippen LogP contribution in [-0.4, -0.2) is 37.5 Å². The number of benzene rings is 1. The highest BCUT2D eigenvalue weighted by Crippen LogP contribution is 2.19. The maximum absolute atomic E-state index is 5.97. The van der Waals surface area contributed by atoms with Crippen molar-refractivity contribution in [3.05, 3.63) is 29.3 Å². The van der Waals surface area contributed by atoms with E-state index in [0.717, 1.165) is 24.6 Å². The van der Waals surface area contributed by atoms with Gasteiger partial charge in [-0.25, -0.2) is 0 Å². The van der Waals surface area contributed by atoms with Gasteiger partial charge in [0.15, 0.2) is 5.96 Å². The number of nitrogens with zero attached hydrogens (tertiary/aromatic N) is 2. The van der Waals surface area contributed by atoms with Crippen LogP contribution in [0.25, 0.3) is 0 Å². The van der Waals surface area contributed by atoms with E-state index in [4.69, 9.17) is 5.73 Å². The van der Waals surface area contributed by atoms with Crippen molar-refractivity contribution >= 4 is 35.6 Å². The Balaban J connectivity index is 0.00000242. The zero-order valence-corrected chi connectivity index (χ0v) is 16.3. The van der Waals surface area contributed by atoms with Gasteiger partial charge in [-0.1, -0.05) is 6.07 Å². The second kappa shape index (κ2) is 9.35. The first-order valence-electron chi connectivity index (χ1n) is 7.86. The number of likely N-dealkylation sites (tertiary alicyclic amines) is 1. The lowest BCUT2D eigenvalue weighted by Gasteiger charge is -2.28. The van der Waals surface area contributed by atoms with Crippen LogP contribution in [0, 0.1) is 19.8 Å². The average molecular weight is 416 g/mol. The largest absolute Gasteiger partial charge is 0.370 e. The van der Waals surface area contributed by atoms with E-state index in [1.807, 2.05) is 0 Å². The molecule has 1 aromatic rings. The van der Waals surface area contributed by atoms with Crippen molar-refractivity contribution in [1.29, 1.82) is 0 Å². The third-order valence-corrected chi connectivity index (χ3v) is 4.15. The highest BCUT2D eigenvalue weighted by atomic mass is 127. The normalized spacial score (nSPS) is 17.1. The summed E-state index contributed by atoms with van der Waals surface area (Å²) < 4.78 is 0. The molecule has 1 heterocycles. The van der Waals surface area contributed by atoms with Crippen molar-refractivity contribution in [2.75, 3.05) is 32.0 Å². The van der Waals surface area contributed by atoms with Crippen LogP contribution in [-0.2, 0) is 0 Å². The summed E-state index contributed by atoms with van der Waals surface area (Å²) in [5, 5.41) is 3.19. The minimum Gasteiger partial charge on any atom is -0.370 e. The van der Waals surface area contributed by atoms with Crippen LogP contribution in [0.3, 0.4) is 0 Å². The number of anilines is 1. The molecule has 3 N–H and O–H groups in total. The Labute approximate surface area is 151 Å². The number of nitrogens with two attached hydrogens (primary N) is 1. The fourth-order valence-corrected chi connectivity index (χ4v) is 2.95. The number of guanidine groups is 1. The Morgan fingerprint density at radius 2 is 1.82 bits per heavy atom. The molecule has 2 rings (SSSR count). The molecule has 0 aliphatic carbocycles. The molecule has 0 radical (unpaired) electrons. The molecule has 1 aromatic carbocycles. The lowest BCUT2D eigenvalue weighted by Crippen LogP contribution is -2.30. The van der Waals surface area contributed by atoms with Gasteiger partial charge in [0.1, 0.15) is 0 Å². The van der Waals surface area contributed by atoms with E-state index < -0.39 is 0 Å². The number of aryl methyl sites for hydroxylation is 2. The molecule has 1 fully saturated rings. The van der Waals surface area contributed by atoms with Crippen LogP contribution in [0.4, 0.5) is 5.69 Å². The van der Waals surface area contributed by atoms with Crippen LogP contribution in [0.2, 0.25) is 0 Å². The topological polar surface area (TPSA) is 53.6 Å². The summed E-state index contributed by atoms with van der Waals surface area (Å²) in [4.78, 5) is 6.86. The van der Waals surface area contributed by atoms with Gasteiger partial charge in [-0.15, -0.1) is 24.0 Å². The molecule has 0 unspecified atom stereocenters. The highest BCUT2D eigenvalue weighted by molar-refractivity contribution is 14.0. The summed E-state index contributed by atoms with van der Waals surface area (Å²) in [7, 11) is 2.19. The van der Waals surface area contributed by atoms with E-state index in [0.29, 0.717) is 5.96 Å². The quantitative estimate of drug-likeness (QED) is 0.450. The van der Waals surface area contributed by atoms with Crippen molar-refractivity contribution in [2.45, 2.75) is 33.1 Å². The summed E-state index contributed by atoms with van der Waals surface area (Å²) in [6.07, 6.45) is 3.72. The first-order valence-corrected chi connectivity index (χ1v) is 7.86. The fraction of sp³-hybridized carbons (Fsp3) is 0.588. The Kier molecular flexibility index (Phi) is 8.17. The Bertz CT molecular complexity index is 473. The molecule has 0 atom stereocenters. The monoisotopic (exact) mass is 416 g/mol. The van der Waals surface area contributed by atoms with E-state index in [1.165, 1.54) is 37.1 Å². The standard InChI is InChI=1S/C17H28N4.HI/c1-13-10-14(2)12-16(11-13)20-17(18)19-7-4-15-5-8-21(3)9-6-15;/h10-12,15H,4-9H2,1-3H3,(H3,18,19,20);1H. The number of hydrogen-bond acceptors (Lipinski definition) is 2. The van der Waals surface area contributed by atoms with Crippen molar-refractivity contribution in [2.24, 2.45) is 16.6 Å². The third kappa shape index (κ3) is 6.52. The maximum Gasteiger partial charge on any atom is 0.193 e. The molecule has 0 aromatic heterocycles. The van der Waals surface area contributed by atoms with Gasteiger partial charge in [0.25, 0.3) is 0 Å². The van der Waals surface area contributed by atoms with Crippen LogP contribution in [0.15, 0.2) is 23.2 Å². The number of hydrogen-bond donors (Lipinski definition) is 2. The second-order valence-electron chi connectivity index (χ2n) is 6.30. The Morgan fingerprint density at radius 3 is 2.41 bits per heavy atom. The van der Waals surface area contributed by atoms with E-state index in [1.54, 1.807) is 0 Å². The smallest absolute Gasteiger partial charge is 0.193 e. The lowest BCUT2D eigenvalue weighted by molar-refractivity contribution is 0.214. The maximum atomic E-state index is 5.97. The van der Waals surface area contributed by atoms with Crippen LogP contribution in [0.1, 0.15) is 30.4 Å². The summed E-state index contributed by atoms with van der Waals surface area (Å²) >= 11 is 0. The molecule has 22 heavy (non-hydrogen) atoms. The first kappa shape index (κ1) is 19.2. The lowest BCUT2D eigenvalue weighted by atomic mass is 9.94. The summed E-state index contributed by atoms with van der Waals surface area (Å²) in [6, 6.07) is 6.33. The SMILES string of the molecule is Cc1cc(C)cc(NC(N)=NCCC2CCN(C)CC2)c1.I. The van der Waals surface area contributed by atoms with Gasteiger partial charge in [0.2, 0.25) is 0 Å². The Morgan fingerprint density at radius 1 is 1.23 bits per heavy atom. The summed E-state index contributed by atoms with van der Waals surface area (Å²) in [5.74, 6) is 1.33. The minimum atomic E-state index is 0. The number of halogens is 1. The van der Waals surface area contributed by atoms with Crippen LogP contribution < -0.4 is 11.1 Å². The predicted octanol–water partition coefficient (Wildman–Crippen LogP) is 3.38. The van der Waals surface area contributed by atoms with Crippen molar-refractivity contribution in [3.8, 4) is 0 Å². The van der Waals surface area contributed by atoms with E-state index in [-0.39, 0.29) is 24.0 Å². The molecule has 124 valence electrons. The van der Waals surface area contributed by atoms with Crippen molar-refractivity contribution in [1.82, 2.24) is 4.90 Å². The minimum absolute atomic E-state index is 0. The van der Waals surface area contributed by atoms with Gasteiger partial charge >= 0.3 is 0 Å². The van der Waals surface area contributed by atoms with Gasteiger partial charge in [0, 0.05) is 12.2 Å². The van der Waals surface area contributed by atoms with Crippen LogP contribution >= 0.6 is 24.0 Å². The Hall–Kier alpha value is -0.820. The molecule has 0 saturated carbocycles. The van der Waals surface area contributed by atoms with Gasteiger partial charge in [0.05, 0.1) is 0 Å². The molecule has 5 heteroatoms. The average Bonchev–Trinajstić information content (AvgIpc) is 2.39. The van der Waals surface area contributed by atoms with Crippen molar-refractivity contribution < 1.29 is 0 Å². The predicted molar refractivity (Wildman–Crippen MR) is 106 cm³/mol. The van der Waals surface area contributed by atoms with E-state index in [9.17, 15) is 0 Å². The fourth-order valence-electron chi connectivity index (χ4n) is 2.95. The van der Waals surface area contributed by atoms with Gasteiger partial charge in [-0.3, -0.25) is 4.99 Å². The zero-order chi connectivity index (χ0) is 15.2. The highest BCUT2D eigenvalue weighted by Gasteiger charge is 2.15. The van der Waals surface area contributed by atoms with Crippen LogP contribution in [0.5, 0.6) is 0 Å². The van der Waals surface area contributed by atoms with Gasteiger partial charge in [-0.05, 0) is 82.4 Å². The molecule has 4 nitrogen and oxygen atoms in total. The number of nitrogens with one attached hydrogen (secondary N) is 1. The summed E-state index contributed by atoms with van der Waals surface area (Å²) in [6.45, 7) is 7.42. The van der Waals surface area contributed by atoms with E-state index >= 15 is 0 Å². The molecule has 0 spiro atoms. The van der Waals surface area contributed by atoms with Crippen molar-refractivity contribution in [3.63, 3.8) is 0 Å². The van der Waals surface area contributed by atoms with E-state index in [2.05, 4.69) is 54.3 Å². The second-order valence-corrected chi connectivity index (χ2v) is 6.30. The molecular weight excluding hydrogens is 387 g/mol. The van der Waals surface area contributed by atoms with Gasteiger partial charge < -0.3 is 16.0 Å². The molecule has 1 saturated heterocycles.